The molecule has 1 aliphatic carbocycles. The monoisotopic (exact) mass is 317 g/mol. The van der Waals surface area contributed by atoms with E-state index in [1.165, 1.54) is 4.90 Å². The van der Waals surface area contributed by atoms with E-state index in [2.05, 4.69) is 0 Å². The van der Waals surface area contributed by atoms with Crippen LogP contribution in [0.15, 0.2) is 24.3 Å². The van der Waals surface area contributed by atoms with E-state index in [1.807, 2.05) is 31.2 Å². The number of rotatable bonds is 5. The van der Waals surface area contributed by atoms with Gasteiger partial charge in [0.15, 0.2) is 0 Å². The Morgan fingerprint density at radius 1 is 1.13 bits per heavy atom. The van der Waals surface area contributed by atoms with Crippen LogP contribution in [0, 0.1) is 18.8 Å². The molecule has 5 heteroatoms. The molecule has 1 saturated heterocycles. The highest BCUT2D eigenvalue weighted by Crippen LogP contribution is 2.37. The molecular weight excluding hydrogens is 294 g/mol. The zero-order valence-corrected chi connectivity index (χ0v) is 13.4. The average Bonchev–Trinajstić information content (AvgIpc) is 2.80. The maximum atomic E-state index is 12.4. The Bertz CT molecular complexity index is 559. The maximum Gasteiger partial charge on any atom is 0.233 e. The molecule has 0 aromatic heterocycles. The molecule has 3 rings (SSSR count). The van der Waals surface area contributed by atoms with Gasteiger partial charge in [0, 0.05) is 0 Å². The largest absolute Gasteiger partial charge is 0.491 e. The highest BCUT2D eigenvalue weighted by Gasteiger charge is 2.48. The van der Waals surface area contributed by atoms with E-state index in [-0.39, 0.29) is 36.8 Å². The second kappa shape index (κ2) is 6.71. The van der Waals surface area contributed by atoms with Gasteiger partial charge in [0.25, 0.3) is 0 Å². The Morgan fingerprint density at radius 3 is 2.26 bits per heavy atom. The molecule has 2 aliphatic rings. The smallest absolute Gasteiger partial charge is 0.233 e. The van der Waals surface area contributed by atoms with Crippen molar-refractivity contribution in [2.75, 3.05) is 13.2 Å². The molecule has 1 aliphatic heterocycles. The Morgan fingerprint density at radius 2 is 1.70 bits per heavy atom. The van der Waals surface area contributed by atoms with Gasteiger partial charge in [-0.25, -0.2) is 0 Å². The van der Waals surface area contributed by atoms with Gasteiger partial charge in [-0.2, -0.15) is 0 Å². The lowest BCUT2D eigenvalue weighted by Crippen LogP contribution is -2.40. The van der Waals surface area contributed by atoms with Gasteiger partial charge in [-0.05, 0) is 31.9 Å². The van der Waals surface area contributed by atoms with Gasteiger partial charge in [-0.3, -0.25) is 14.5 Å². The summed E-state index contributed by atoms with van der Waals surface area (Å²) in [6.07, 6.45) is 2.73. The van der Waals surface area contributed by atoms with E-state index in [0.29, 0.717) is 5.75 Å². The first-order chi connectivity index (χ1) is 11.1. The standard InChI is InChI=1S/C18H23NO4/c1-12-6-8-14(9-7-12)23-11-13(20)10-19-17(21)15-4-2-3-5-16(15)18(19)22/h6-9,13,15-16,20H,2-5,10-11H2,1H3. The normalized spacial score (nSPS) is 25.4. The van der Waals surface area contributed by atoms with Crippen molar-refractivity contribution in [3.05, 3.63) is 29.8 Å². The summed E-state index contributed by atoms with van der Waals surface area (Å²) in [4.78, 5) is 25.9. The predicted molar refractivity (Wildman–Crippen MR) is 84.8 cm³/mol. The number of amides is 2. The van der Waals surface area contributed by atoms with Gasteiger partial charge in [0.05, 0.1) is 18.4 Å². The predicted octanol–water partition coefficient (Wildman–Crippen LogP) is 1.91. The van der Waals surface area contributed by atoms with Crippen molar-refractivity contribution in [3.8, 4) is 5.75 Å². The number of imide groups is 1. The maximum absolute atomic E-state index is 12.4. The highest BCUT2D eigenvalue weighted by molar-refractivity contribution is 6.05. The summed E-state index contributed by atoms with van der Waals surface area (Å²) in [6, 6.07) is 7.53. The fourth-order valence-corrected chi connectivity index (χ4v) is 3.50. The number of aliphatic hydroxyl groups excluding tert-OH is 1. The number of β-amino-alcohol motifs (C(OH)–C–C–N with tert-alkyl or cyclic N) is 1. The lowest BCUT2D eigenvalue weighted by molar-refractivity contribution is -0.141. The molecule has 0 radical (unpaired) electrons. The first-order valence-corrected chi connectivity index (χ1v) is 8.29. The van der Waals surface area contributed by atoms with Gasteiger partial charge in [0.2, 0.25) is 11.8 Å². The van der Waals surface area contributed by atoms with E-state index in [0.717, 1.165) is 31.2 Å². The molecule has 2 amide bonds. The summed E-state index contributed by atoms with van der Waals surface area (Å²) >= 11 is 0. The number of aryl methyl sites for hydroxylation is 1. The van der Waals surface area contributed by atoms with Crippen LogP contribution in [0.25, 0.3) is 0 Å². The minimum Gasteiger partial charge on any atom is -0.491 e. The van der Waals surface area contributed by atoms with Gasteiger partial charge < -0.3 is 9.84 Å². The SMILES string of the molecule is Cc1ccc(OCC(O)CN2C(=O)C3CCCCC3C2=O)cc1. The second-order valence-corrected chi connectivity index (χ2v) is 6.56. The number of carbonyl (C=O) groups is 2. The van der Waals surface area contributed by atoms with Gasteiger partial charge in [-0.1, -0.05) is 30.5 Å². The quantitative estimate of drug-likeness (QED) is 0.843. The molecule has 124 valence electrons. The zero-order chi connectivity index (χ0) is 16.4. The summed E-state index contributed by atoms with van der Waals surface area (Å²) in [7, 11) is 0. The van der Waals surface area contributed by atoms with Crippen LogP contribution in [-0.2, 0) is 9.59 Å². The van der Waals surface area contributed by atoms with Crippen LogP contribution in [0.3, 0.4) is 0 Å². The van der Waals surface area contributed by atoms with Crippen LogP contribution in [0.5, 0.6) is 5.75 Å². The highest BCUT2D eigenvalue weighted by atomic mass is 16.5. The van der Waals surface area contributed by atoms with Crippen LogP contribution < -0.4 is 4.74 Å². The topological polar surface area (TPSA) is 66.8 Å². The van der Waals surface area contributed by atoms with Crippen molar-refractivity contribution in [3.63, 3.8) is 0 Å². The number of carbonyl (C=O) groups excluding carboxylic acids is 2. The molecule has 5 nitrogen and oxygen atoms in total. The summed E-state index contributed by atoms with van der Waals surface area (Å²) in [6.45, 7) is 2.08. The van der Waals surface area contributed by atoms with Gasteiger partial charge >= 0.3 is 0 Å². The number of benzene rings is 1. The average molecular weight is 317 g/mol. The third kappa shape index (κ3) is 3.39. The van der Waals surface area contributed by atoms with Crippen LogP contribution in [0.4, 0.5) is 0 Å². The molecule has 1 aromatic rings. The fraction of sp³-hybridized carbons (Fsp3) is 0.556. The third-order valence-electron chi connectivity index (χ3n) is 4.79. The van der Waals surface area contributed by atoms with E-state index < -0.39 is 6.10 Å². The Kier molecular flexibility index (Phi) is 4.66. The molecule has 1 aromatic carbocycles. The number of ether oxygens (including phenoxy) is 1. The lowest BCUT2D eigenvalue weighted by atomic mass is 9.81. The van der Waals surface area contributed by atoms with E-state index in [1.54, 1.807) is 0 Å². The first-order valence-electron chi connectivity index (χ1n) is 8.29. The van der Waals surface area contributed by atoms with Crippen molar-refractivity contribution in [2.24, 2.45) is 11.8 Å². The summed E-state index contributed by atoms with van der Waals surface area (Å²) in [5, 5.41) is 10.1. The van der Waals surface area contributed by atoms with Crippen LogP contribution in [-0.4, -0.2) is 41.1 Å². The van der Waals surface area contributed by atoms with E-state index in [9.17, 15) is 14.7 Å². The number of hydrogen-bond acceptors (Lipinski definition) is 4. The molecule has 0 bridgehead atoms. The Hall–Kier alpha value is -1.88. The zero-order valence-electron chi connectivity index (χ0n) is 13.4. The molecule has 0 spiro atoms. The number of hydrogen-bond donors (Lipinski definition) is 1. The molecule has 1 saturated carbocycles. The Balaban J connectivity index is 1.55. The van der Waals surface area contributed by atoms with Crippen molar-refractivity contribution < 1.29 is 19.4 Å². The summed E-state index contributed by atoms with van der Waals surface area (Å²) < 4.78 is 5.52. The molecule has 1 N–H and O–H groups in total. The van der Waals surface area contributed by atoms with Crippen LogP contribution >= 0.6 is 0 Å². The number of aliphatic hydroxyl groups is 1. The molecule has 2 fully saturated rings. The fourth-order valence-electron chi connectivity index (χ4n) is 3.50. The first kappa shape index (κ1) is 16.0. The van der Waals surface area contributed by atoms with E-state index >= 15 is 0 Å². The molecular formula is C18H23NO4. The van der Waals surface area contributed by atoms with Gasteiger partial charge in [-0.15, -0.1) is 0 Å². The Labute approximate surface area is 136 Å². The molecule has 3 atom stereocenters. The molecule has 1 heterocycles. The third-order valence-corrected chi connectivity index (χ3v) is 4.79. The molecule has 23 heavy (non-hydrogen) atoms. The minimum atomic E-state index is -0.871. The van der Waals surface area contributed by atoms with Crippen molar-refractivity contribution in [1.29, 1.82) is 0 Å². The second-order valence-electron chi connectivity index (χ2n) is 6.56. The lowest BCUT2D eigenvalue weighted by Gasteiger charge is -2.19. The number of fused-ring (bicyclic) bond motifs is 1. The number of nitrogens with zero attached hydrogens (tertiary/aromatic N) is 1. The number of likely N-dealkylation sites (tertiary alicyclic amines) is 1. The minimum absolute atomic E-state index is 0.0243. The van der Waals surface area contributed by atoms with Crippen molar-refractivity contribution in [1.82, 2.24) is 4.90 Å². The van der Waals surface area contributed by atoms with Gasteiger partial charge in [0.1, 0.15) is 18.5 Å². The van der Waals surface area contributed by atoms with E-state index in [4.69, 9.17) is 4.74 Å². The molecule has 3 unspecified atom stereocenters. The summed E-state index contributed by atoms with van der Waals surface area (Å²) in [5.74, 6) is 0.105. The van der Waals surface area contributed by atoms with Crippen LogP contribution in [0.1, 0.15) is 31.2 Å². The van der Waals surface area contributed by atoms with Crippen LogP contribution in [0.2, 0.25) is 0 Å². The summed E-state index contributed by atoms with van der Waals surface area (Å²) in [5.41, 5.74) is 1.13. The van der Waals surface area contributed by atoms with Crippen molar-refractivity contribution >= 4 is 11.8 Å². The van der Waals surface area contributed by atoms with Crippen molar-refractivity contribution in [2.45, 2.75) is 38.7 Å².